The fraction of sp³-hybridized carbons (Fsp3) is 0.185. The summed E-state index contributed by atoms with van der Waals surface area (Å²) in [6, 6.07) is 29.1. The van der Waals surface area contributed by atoms with E-state index in [2.05, 4.69) is 23.2 Å². The molecule has 4 rings (SSSR count). The predicted octanol–water partition coefficient (Wildman–Crippen LogP) is 6.51. The normalized spacial score (nSPS) is 12.0. The molecule has 0 N–H and O–H groups in total. The molecule has 3 aromatic carbocycles. The van der Waals surface area contributed by atoms with Crippen LogP contribution in [0.3, 0.4) is 0 Å². The first-order chi connectivity index (χ1) is 15.1. The molecule has 1 aromatic heterocycles. The fourth-order valence-corrected chi connectivity index (χ4v) is 3.72. The molecular weight excluding hydrogens is 386 g/mol. The van der Waals surface area contributed by atoms with Crippen molar-refractivity contribution in [2.24, 2.45) is 5.92 Å². The van der Waals surface area contributed by atoms with Crippen LogP contribution in [0, 0.1) is 5.92 Å². The zero-order valence-electron chi connectivity index (χ0n) is 17.7. The topological polar surface area (TPSA) is 48.4 Å². The number of carbonyl (C=O) groups is 1. The highest BCUT2D eigenvalue weighted by Gasteiger charge is 2.27. The highest BCUT2D eigenvalue weighted by atomic mass is 16.5. The lowest BCUT2D eigenvalue weighted by Gasteiger charge is -2.21. The highest BCUT2D eigenvalue weighted by molar-refractivity contribution is 5.91. The number of para-hydroxylation sites is 1. The summed E-state index contributed by atoms with van der Waals surface area (Å²) in [6.45, 7) is 4.18. The van der Waals surface area contributed by atoms with E-state index in [0.717, 1.165) is 16.3 Å². The Morgan fingerprint density at radius 2 is 1.55 bits per heavy atom. The summed E-state index contributed by atoms with van der Waals surface area (Å²) in [7, 11) is 0. The lowest BCUT2D eigenvalue weighted by Crippen LogP contribution is -2.21. The van der Waals surface area contributed by atoms with Gasteiger partial charge in [-0.05, 0) is 40.5 Å². The lowest BCUT2D eigenvalue weighted by molar-refractivity contribution is -0.148. The van der Waals surface area contributed by atoms with Gasteiger partial charge in [-0.2, -0.15) is 0 Å². The number of carbonyl (C=O) groups excluding carboxylic acids is 1. The third kappa shape index (κ3) is 4.92. The van der Waals surface area contributed by atoms with E-state index in [1.54, 1.807) is 6.07 Å². The molecule has 0 bridgehead atoms. The third-order valence-electron chi connectivity index (χ3n) is 5.19. The van der Waals surface area contributed by atoms with E-state index in [9.17, 15) is 4.79 Å². The quantitative estimate of drug-likeness (QED) is 0.325. The second-order valence-corrected chi connectivity index (χ2v) is 7.78. The molecule has 0 radical (unpaired) electrons. The molecule has 0 fully saturated rings. The predicted molar refractivity (Wildman–Crippen MR) is 122 cm³/mol. The van der Waals surface area contributed by atoms with Crippen LogP contribution in [0.2, 0.25) is 0 Å². The van der Waals surface area contributed by atoms with Gasteiger partial charge in [-0.1, -0.05) is 80.6 Å². The van der Waals surface area contributed by atoms with Gasteiger partial charge in [0, 0.05) is 6.07 Å². The van der Waals surface area contributed by atoms with Crippen LogP contribution in [0.5, 0.6) is 11.6 Å². The van der Waals surface area contributed by atoms with Gasteiger partial charge in [0.1, 0.15) is 12.4 Å². The number of aromatic nitrogens is 1. The minimum absolute atomic E-state index is 0.0960. The maximum Gasteiger partial charge on any atom is 0.314 e. The van der Waals surface area contributed by atoms with Crippen LogP contribution < -0.4 is 4.74 Å². The van der Waals surface area contributed by atoms with Crippen molar-refractivity contribution in [1.29, 1.82) is 0 Å². The van der Waals surface area contributed by atoms with Crippen molar-refractivity contribution in [2.45, 2.75) is 26.4 Å². The highest BCUT2D eigenvalue weighted by Crippen LogP contribution is 2.32. The largest absolute Gasteiger partial charge is 0.459 e. The van der Waals surface area contributed by atoms with Crippen molar-refractivity contribution >= 4 is 16.7 Å². The Labute approximate surface area is 182 Å². The number of hydrogen-bond acceptors (Lipinski definition) is 4. The van der Waals surface area contributed by atoms with Gasteiger partial charge >= 0.3 is 5.97 Å². The first-order valence-corrected chi connectivity index (χ1v) is 10.4. The molecule has 31 heavy (non-hydrogen) atoms. The van der Waals surface area contributed by atoms with Crippen molar-refractivity contribution in [1.82, 2.24) is 4.98 Å². The average Bonchev–Trinajstić information content (AvgIpc) is 2.79. The number of rotatable bonds is 7. The summed E-state index contributed by atoms with van der Waals surface area (Å²) < 4.78 is 11.5. The zero-order valence-corrected chi connectivity index (χ0v) is 17.7. The average molecular weight is 412 g/mol. The molecule has 0 aliphatic rings. The second-order valence-electron chi connectivity index (χ2n) is 7.78. The van der Waals surface area contributed by atoms with Crippen LogP contribution in [0.15, 0.2) is 91.0 Å². The van der Waals surface area contributed by atoms with Crippen LogP contribution in [0.1, 0.15) is 31.0 Å². The van der Waals surface area contributed by atoms with Gasteiger partial charge in [0.25, 0.3) is 0 Å². The van der Waals surface area contributed by atoms with Crippen LogP contribution in [-0.2, 0) is 16.1 Å². The summed E-state index contributed by atoms with van der Waals surface area (Å²) >= 11 is 0. The number of benzene rings is 3. The number of hydrogen-bond donors (Lipinski definition) is 0. The first kappa shape index (κ1) is 20.6. The zero-order chi connectivity index (χ0) is 21.6. The maximum atomic E-state index is 13.1. The van der Waals surface area contributed by atoms with Crippen molar-refractivity contribution < 1.29 is 14.3 Å². The van der Waals surface area contributed by atoms with Crippen molar-refractivity contribution in [3.63, 3.8) is 0 Å². The summed E-state index contributed by atoms with van der Waals surface area (Å²) in [5, 5.41) is 2.20. The molecule has 0 spiro atoms. The van der Waals surface area contributed by atoms with Gasteiger partial charge in [0.2, 0.25) is 5.88 Å². The Morgan fingerprint density at radius 1 is 0.839 bits per heavy atom. The summed E-state index contributed by atoms with van der Waals surface area (Å²) in [5.74, 6) is 0.672. The molecule has 0 amide bonds. The van der Waals surface area contributed by atoms with Crippen molar-refractivity contribution in [3.05, 3.63) is 102 Å². The summed E-state index contributed by atoms with van der Waals surface area (Å²) in [4.78, 5) is 17.6. The van der Waals surface area contributed by atoms with Crippen LogP contribution in [-0.4, -0.2) is 11.0 Å². The lowest BCUT2D eigenvalue weighted by atomic mass is 9.85. The first-order valence-electron chi connectivity index (χ1n) is 10.4. The molecule has 0 saturated heterocycles. The molecule has 0 aliphatic carbocycles. The molecule has 1 atom stereocenters. The molecule has 4 nitrogen and oxygen atoms in total. The maximum absolute atomic E-state index is 13.1. The summed E-state index contributed by atoms with van der Waals surface area (Å²) in [5.41, 5.74) is 1.63. The van der Waals surface area contributed by atoms with E-state index in [4.69, 9.17) is 9.47 Å². The van der Waals surface area contributed by atoms with E-state index < -0.39 is 0 Å². The number of fused-ring (bicyclic) bond motifs is 1. The Bertz CT molecular complexity index is 1170. The Morgan fingerprint density at radius 3 is 2.35 bits per heavy atom. The van der Waals surface area contributed by atoms with Gasteiger partial charge in [0.15, 0.2) is 0 Å². The van der Waals surface area contributed by atoms with Crippen LogP contribution in [0.4, 0.5) is 0 Å². The van der Waals surface area contributed by atoms with E-state index in [1.165, 1.54) is 0 Å². The van der Waals surface area contributed by atoms with E-state index in [1.807, 2.05) is 80.6 Å². The molecule has 0 saturated carbocycles. The molecule has 4 aromatic rings. The van der Waals surface area contributed by atoms with Gasteiger partial charge in [-0.3, -0.25) is 4.79 Å². The fourth-order valence-electron chi connectivity index (χ4n) is 3.72. The minimum atomic E-state index is -0.352. The Kier molecular flexibility index (Phi) is 6.27. The molecule has 4 heteroatoms. The molecule has 0 aliphatic heterocycles. The van der Waals surface area contributed by atoms with Gasteiger partial charge < -0.3 is 9.47 Å². The molecule has 1 heterocycles. The number of nitrogens with zero attached hydrogens (tertiary/aromatic N) is 1. The minimum Gasteiger partial charge on any atom is -0.459 e. The van der Waals surface area contributed by atoms with Gasteiger partial charge in [-0.15, -0.1) is 0 Å². The molecule has 1 unspecified atom stereocenters. The van der Waals surface area contributed by atoms with E-state index in [-0.39, 0.29) is 24.4 Å². The number of ether oxygens (including phenoxy) is 2. The Balaban J connectivity index is 1.50. The van der Waals surface area contributed by atoms with Crippen LogP contribution >= 0.6 is 0 Å². The molecule has 156 valence electrons. The molecular formula is C27H25NO3. The second kappa shape index (κ2) is 9.43. The SMILES string of the molecule is CC(C)C(C(=O)OCc1cccc(Oc2ccccc2)n1)c1cccc2ccccc12. The van der Waals surface area contributed by atoms with E-state index in [0.29, 0.717) is 17.3 Å². The Hall–Kier alpha value is -3.66. The van der Waals surface area contributed by atoms with Gasteiger partial charge in [-0.25, -0.2) is 4.98 Å². The monoisotopic (exact) mass is 411 g/mol. The third-order valence-corrected chi connectivity index (χ3v) is 5.19. The van der Waals surface area contributed by atoms with Crippen molar-refractivity contribution in [2.75, 3.05) is 0 Å². The van der Waals surface area contributed by atoms with Crippen molar-refractivity contribution in [3.8, 4) is 11.6 Å². The van der Waals surface area contributed by atoms with Crippen LogP contribution in [0.25, 0.3) is 10.8 Å². The summed E-state index contributed by atoms with van der Waals surface area (Å²) in [6.07, 6.45) is 0. The standard InChI is InChI=1S/C27H25NO3/c1-19(2)26(24-16-8-11-20-10-6-7-15-23(20)24)27(29)30-18-21-12-9-17-25(28-21)31-22-13-4-3-5-14-22/h3-17,19,26H,18H2,1-2H3. The smallest absolute Gasteiger partial charge is 0.314 e. The number of pyridine rings is 1. The number of esters is 1. The van der Waals surface area contributed by atoms with Gasteiger partial charge in [0.05, 0.1) is 11.6 Å². The van der Waals surface area contributed by atoms with E-state index >= 15 is 0 Å².